The molecule has 0 saturated heterocycles. The number of ether oxygens (including phenoxy) is 1. The van der Waals surface area contributed by atoms with Crippen molar-refractivity contribution < 1.29 is 19.0 Å². The molecule has 1 aromatic carbocycles. The van der Waals surface area contributed by atoms with Gasteiger partial charge < -0.3 is 15.2 Å². The number of carbonyl (C=O) groups is 1. The Morgan fingerprint density at radius 3 is 2.71 bits per heavy atom. The predicted molar refractivity (Wildman–Crippen MR) is 80.2 cm³/mol. The topological polar surface area (TPSA) is 58.6 Å². The number of hydrogen-bond donors (Lipinski definition) is 2. The Hall–Kier alpha value is -1.62. The number of rotatable bonds is 9. The van der Waals surface area contributed by atoms with Crippen molar-refractivity contribution in [3.05, 3.63) is 29.6 Å². The number of likely N-dealkylation sites (N-methyl/N-ethyl adjacent to an activating group) is 1. The van der Waals surface area contributed by atoms with Gasteiger partial charge >= 0.3 is 5.97 Å². The van der Waals surface area contributed by atoms with Crippen molar-refractivity contribution in [2.75, 3.05) is 13.2 Å². The van der Waals surface area contributed by atoms with Crippen LogP contribution >= 0.6 is 0 Å². The van der Waals surface area contributed by atoms with E-state index in [1.165, 1.54) is 12.1 Å². The maximum Gasteiger partial charge on any atom is 0.323 e. The maximum atomic E-state index is 13.1. The normalized spacial score (nSPS) is 13.7. The standard InChI is InChI=1S/C16H24FNO3/c1-4-16(15(19)20,18-5-2)9-6-10-21-14-11-13(17)8-7-12(14)3/h7-8,11,18H,4-6,9-10H2,1-3H3,(H,19,20). The van der Waals surface area contributed by atoms with Crippen molar-refractivity contribution in [2.24, 2.45) is 0 Å². The molecule has 0 aromatic heterocycles. The van der Waals surface area contributed by atoms with Gasteiger partial charge in [0.1, 0.15) is 17.1 Å². The van der Waals surface area contributed by atoms with Gasteiger partial charge in [-0.1, -0.05) is 19.9 Å². The van der Waals surface area contributed by atoms with Crippen molar-refractivity contribution in [1.82, 2.24) is 5.32 Å². The fourth-order valence-electron chi connectivity index (χ4n) is 2.35. The Bertz CT molecular complexity index is 479. The Kier molecular flexibility index (Phi) is 6.62. The first-order valence-electron chi connectivity index (χ1n) is 7.32. The van der Waals surface area contributed by atoms with E-state index in [1.807, 2.05) is 20.8 Å². The van der Waals surface area contributed by atoms with Gasteiger partial charge in [0, 0.05) is 6.07 Å². The number of nitrogens with one attached hydrogen (secondary N) is 1. The SMILES string of the molecule is CCNC(CC)(CCCOc1cc(F)ccc1C)C(=O)O. The smallest absolute Gasteiger partial charge is 0.323 e. The fourth-order valence-corrected chi connectivity index (χ4v) is 2.35. The van der Waals surface area contributed by atoms with E-state index in [9.17, 15) is 14.3 Å². The summed E-state index contributed by atoms with van der Waals surface area (Å²) in [4.78, 5) is 11.5. The zero-order chi connectivity index (χ0) is 15.9. The summed E-state index contributed by atoms with van der Waals surface area (Å²) in [7, 11) is 0. The van der Waals surface area contributed by atoms with Gasteiger partial charge in [0.25, 0.3) is 0 Å². The molecule has 0 bridgehead atoms. The highest BCUT2D eigenvalue weighted by Gasteiger charge is 2.34. The number of benzene rings is 1. The minimum atomic E-state index is -0.908. The number of aryl methyl sites for hydroxylation is 1. The number of hydrogen-bond acceptors (Lipinski definition) is 3. The van der Waals surface area contributed by atoms with E-state index < -0.39 is 11.5 Å². The first-order valence-corrected chi connectivity index (χ1v) is 7.32. The number of carboxylic acids is 1. The number of carboxylic acid groups (broad SMARTS) is 1. The lowest BCUT2D eigenvalue weighted by atomic mass is 9.90. The number of halogens is 1. The van der Waals surface area contributed by atoms with Gasteiger partial charge in [0.2, 0.25) is 0 Å². The summed E-state index contributed by atoms with van der Waals surface area (Å²) < 4.78 is 18.7. The highest BCUT2D eigenvalue weighted by molar-refractivity contribution is 5.78. The third-order valence-corrected chi connectivity index (χ3v) is 3.68. The van der Waals surface area contributed by atoms with Crippen LogP contribution in [0.2, 0.25) is 0 Å². The van der Waals surface area contributed by atoms with Crippen LogP contribution in [-0.2, 0) is 4.79 Å². The van der Waals surface area contributed by atoms with Crippen LogP contribution in [0.1, 0.15) is 38.7 Å². The zero-order valence-electron chi connectivity index (χ0n) is 12.9. The van der Waals surface area contributed by atoms with Crippen molar-refractivity contribution in [1.29, 1.82) is 0 Å². The Morgan fingerprint density at radius 2 is 2.14 bits per heavy atom. The van der Waals surface area contributed by atoms with E-state index in [0.717, 1.165) is 5.56 Å². The van der Waals surface area contributed by atoms with Crippen LogP contribution in [0.25, 0.3) is 0 Å². The summed E-state index contributed by atoms with van der Waals surface area (Å²) in [5, 5.41) is 12.4. The van der Waals surface area contributed by atoms with Crippen LogP contribution in [-0.4, -0.2) is 29.8 Å². The summed E-state index contributed by atoms with van der Waals surface area (Å²) in [5.74, 6) is -0.665. The maximum absolute atomic E-state index is 13.1. The van der Waals surface area contributed by atoms with E-state index in [0.29, 0.717) is 38.2 Å². The first kappa shape index (κ1) is 17.4. The Labute approximate surface area is 125 Å². The molecule has 1 atom stereocenters. The molecule has 1 rings (SSSR count). The lowest BCUT2D eigenvalue weighted by Gasteiger charge is -2.29. The molecule has 0 saturated carbocycles. The molecule has 5 heteroatoms. The van der Waals surface area contributed by atoms with Gasteiger partial charge in [-0.15, -0.1) is 0 Å². The fraction of sp³-hybridized carbons (Fsp3) is 0.562. The minimum Gasteiger partial charge on any atom is -0.493 e. The average molecular weight is 297 g/mol. The van der Waals surface area contributed by atoms with E-state index in [4.69, 9.17) is 4.74 Å². The average Bonchev–Trinajstić information content (AvgIpc) is 2.45. The summed E-state index contributed by atoms with van der Waals surface area (Å²) in [6, 6.07) is 4.40. The van der Waals surface area contributed by atoms with Gasteiger partial charge in [-0.3, -0.25) is 4.79 Å². The molecule has 1 aromatic rings. The van der Waals surface area contributed by atoms with Crippen LogP contribution in [0.3, 0.4) is 0 Å². The largest absolute Gasteiger partial charge is 0.493 e. The summed E-state index contributed by atoms with van der Waals surface area (Å²) in [5.41, 5.74) is -0.0437. The van der Waals surface area contributed by atoms with Crippen molar-refractivity contribution in [3.63, 3.8) is 0 Å². The molecule has 0 heterocycles. The van der Waals surface area contributed by atoms with Gasteiger partial charge in [0.05, 0.1) is 6.61 Å². The molecule has 21 heavy (non-hydrogen) atoms. The second-order valence-corrected chi connectivity index (χ2v) is 5.13. The molecule has 118 valence electrons. The lowest BCUT2D eigenvalue weighted by molar-refractivity contribution is -0.145. The van der Waals surface area contributed by atoms with Gasteiger partial charge in [-0.05, 0) is 44.4 Å². The summed E-state index contributed by atoms with van der Waals surface area (Å²) in [6.07, 6.45) is 1.57. The van der Waals surface area contributed by atoms with Gasteiger partial charge in [-0.2, -0.15) is 0 Å². The van der Waals surface area contributed by atoms with Crippen LogP contribution < -0.4 is 10.1 Å². The summed E-state index contributed by atoms with van der Waals surface area (Å²) in [6.45, 7) is 6.56. The van der Waals surface area contributed by atoms with Gasteiger partial charge in [0.15, 0.2) is 0 Å². The minimum absolute atomic E-state index is 0.336. The number of aliphatic carboxylic acids is 1. The summed E-state index contributed by atoms with van der Waals surface area (Å²) >= 11 is 0. The van der Waals surface area contributed by atoms with E-state index in [1.54, 1.807) is 6.07 Å². The highest BCUT2D eigenvalue weighted by Crippen LogP contribution is 2.21. The molecule has 0 aliphatic heterocycles. The highest BCUT2D eigenvalue weighted by atomic mass is 19.1. The zero-order valence-corrected chi connectivity index (χ0v) is 12.9. The molecule has 0 aliphatic rings. The van der Waals surface area contributed by atoms with Gasteiger partial charge in [-0.25, -0.2) is 4.39 Å². The molecule has 1 unspecified atom stereocenters. The van der Waals surface area contributed by atoms with E-state index >= 15 is 0 Å². The quantitative estimate of drug-likeness (QED) is 0.688. The molecule has 0 fully saturated rings. The Balaban J connectivity index is 2.55. The molecule has 0 aliphatic carbocycles. The van der Waals surface area contributed by atoms with Crippen LogP contribution in [0, 0.1) is 12.7 Å². The third kappa shape index (κ3) is 4.70. The molecule has 2 N–H and O–H groups in total. The van der Waals surface area contributed by atoms with E-state index in [2.05, 4.69) is 5.32 Å². The second kappa shape index (κ2) is 7.98. The molecule has 0 radical (unpaired) electrons. The monoisotopic (exact) mass is 297 g/mol. The first-order chi connectivity index (χ1) is 9.95. The van der Waals surface area contributed by atoms with Crippen molar-refractivity contribution in [2.45, 2.75) is 45.6 Å². The molecule has 0 spiro atoms. The van der Waals surface area contributed by atoms with Crippen LogP contribution in [0.15, 0.2) is 18.2 Å². The van der Waals surface area contributed by atoms with Crippen LogP contribution in [0.5, 0.6) is 5.75 Å². The van der Waals surface area contributed by atoms with Crippen molar-refractivity contribution in [3.8, 4) is 5.75 Å². The van der Waals surface area contributed by atoms with Crippen LogP contribution in [0.4, 0.5) is 4.39 Å². The lowest BCUT2D eigenvalue weighted by Crippen LogP contribution is -2.51. The van der Waals surface area contributed by atoms with Crippen molar-refractivity contribution >= 4 is 5.97 Å². The molecular formula is C16H24FNO3. The molecule has 0 amide bonds. The predicted octanol–water partition coefficient (Wildman–Crippen LogP) is 3.14. The van der Waals surface area contributed by atoms with E-state index in [-0.39, 0.29) is 5.82 Å². The third-order valence-electron chi connectivity index (χ3n) is 3.68. The Morgan fingerprint density at radius 1 is 1.43 bits per heavy atom. The molecule has 4 nitrogen and oxygen atoms in total. The second-order valence-electron chi connectivity index (χ2n) is 5.13. The molecular weight excluding hydrogens is 273 g/mol.